The average molecular weight is 324 g/mol. The molecule has 2 heterocycles. The van der Waals surface area contributed by atoms with Crippen LogP contribution in [0.4, 0.5) is 5.69 Å². The maximum atomic E-state index is 13.1. The van der Waals surface area contributed by atoms with Gasteiger partial charge in [-0.1, -0.05) is 19.9 Å². The average Bonchev–Trinajstić information content (AvgIpc) is 2.85. The fraction of sp³-hybridized carbons (Fsp3) is 0.421. The number of benzene rings is 1. The molecule has 2 aliphatic rings. The summed E-state index contributed by atoms with van der Waals surface area (Å²) in [5.74, 6) is -0.521. The zero-order valence-corrected chi connectivity index (χ0v) is 14.1. The largest absolute Gasteiger partial charge is 0.448 e. The number of hydrogen-bond donors (Lipinski definition) is 1. The Kier molecular flexibility index (Phi) is 2.87. The van der Waals surface area contributed by atoms with E-state index in [0.717, 1.165) is 10.9 Å². The number of esters is 1. The normalized spacial score (nSPS) is 30.4. The van der Waals surface area contributed by atoms with Gasteiger partial charge in [-0.25, -0.2) is 0 Å². The van der Waals surface area contributed by atoms with Crippen LogP contribution >= 0.6 is 0 Å². The van der Waals surface area contributed by atoms with E-state index in [9.17, 15) is 9.59 Å². The topological polar surface area (TPSA) is 68.3 Å². The van der Waals surface area contributed by atoms with E-state index in [4.69, 9.17) is 4.74 Å². The van der Waals surface area contributed by atoms with Crippen LogP contribution < -0.4 is 5.32 Å². The van der Waals surface area contributed by atoms with Gasteiger partial charge in [-0.2, -0.15) is 0 Å². The minimum absolute atomic E-state index is 0.251. The van der Waals surface area contributed by atoms with E-state index >= 15 is 0 Å². The Labute approximate surface area is 140 Å². The number of ether oxygens (including phenoxy) is 1. The first kappa shape index (κ1) is 15.1. The van der Waals surface area contributed by atoms with E-state index in [0.29, 0.717) is 18.5 Å². The van der Waals surface area contributed by atoms with Crippen LogP contribution in [0.3, 0.4) is 0 Å². The fourth-order valence-electron chi connectivity index (χ4n) is 4.18. The molecule has 4 rings (SSSR count). The zero-order valence-electron chi connectivity index (χ0n) is 14.1. The van der Waals surface area contributed by atoms with E-state index in [-0.39, 0.29) is 11.9 Å². The van der Waals surface area contributed by atoms with Crippen LogP contribution in [-0.2, 0) is 14.3 Å². The lowest BCUT2D eigenvalue weighted by Crippen LogP contribution is -2.50. The molecule has 5 nitrogen and oxygen atoms in total. The molecule has 2 aromatic rings. The van der Waals surface area contributed by atoms with Gasteiger partial charge in [-0.3, -0.25) is 14.6 Å². The predicted octanol–water partition coefficient (Wildman–Crippen LogP) is 3.30. The number of fused-ring (bicyclic) bond motifs is 3. The van der Waals surface area contributed by atoms with Crippen LogP contribution in [0.25, 0.3) is 10.9 Å². The lowest BCUT2D eigenvalue weighted by molar-refractivity contribution is -0.165. The number of nitrogens with one attached hydrogen (secondary N) is 1. The fourth-order valence-corrected chi connectivity index (χ4v) is 4.18. The molecule has 1 aliphatic carbocycles. The van der Waals surface area contributed by atoms with Gasteiger partial charge >= 0.3 is 5.97 Å². The third-order valence-electron chi connectivity index (χ3n) is 6.34. The minimum Gasteiger partial charge on any atom is -0.448 e. The highest BCUT2D eigenvalue weighted by atomic mass is 16.6. The van der Waals surface area contributed by atoms with Crippen LogP contribution in [0.15, 0.2) is 36.5 Å². The summed E-state index contributed by atoms with van der Waals surface area (Å²) < 4.78 is 5.65. The Morgan fingerprint density at radius 3 is 2.62 bits per heavy atom. The molecule has 2 bridgehead atoms. The van der Waals surface area contributed by atoms with Crippen molar-refractivity contribution in [3.63, 3.8) is 0 Å². The Bertz CT molecular complexity index is 871. The van der Waals surface area contributed by atoms with Crippen LogP contribution in [-0.4, -0.2) is 22.5 Å². The first-order valence-electron chi connectivity index (χ1n) is 8.20. The van der Waals surface area contributed by atoms with Crippen molar-refractivity contribution in [1.29, 1.82) is 0 Å². The van der Waals surface area contributed by atoms with Gasteiger partial charge in [0.15, 0.2) is 5.60 Å². The molecule has 2 fully saturated rings. The van der Waals surface area contributed by atoms with Gasteiger partial charge in [0.05, 0.1) is 16.6 Å². The van der Waals surface area contributed by atoms with Crippen molar-refractivity contribution in [3.8, 4) is 0 Å². The summed E-state index contributed by atoms with van der Waals surface area (Å²) in [5.41, 5.74) is -0.767. The van der Waals surface area contributed by atoms with Gasteiger partial charge in [0.2, 0.25) is 0 Å². The van der Waals surface area contributed by atoms with Crippen molar-refractivity contribution < 1.29 is 14.3 Å². The van der Waals surface area contributed by atoms with Crippen molar-refractivity contribution in [2.75, 3.05) is 5.32 Å². The first-order chi connectivity index (χ1) is 11.3. The zero-order chi connectivity index (χ0) is 17.2. The molecule has 0 unspecified atom stereocenters. The number of hydrogen-bond acceptors (Lipinski definition) is 4. The molecule has 1 N–H and O–H groups in total. The third-order valence-corrected chi connectivity index (χ3v) is 6.34. The van der Waals surface area contributed by atoms with Crippen molar-refractivity contribution >= 4 is 28.5 Å². The van der Waals surface area contributed by atoms with Gasteiger partial charge in [-0.05, 0) is 44.0 Å². The summed E-state index contributed by atoms with van der Waals surface area (Å²) in [5, 5.41) is 3.85. The molecular formula is C19H20N2O3. The Morgan fingerprint density at radius 1 is 1.17 bits per heavy atom. The Hall–Kier alpha value is -2.43. The first-order valence-corrected chi connectivity index (χ1v) is 8.20. The molecule has 5 heteroatoms. The summed E-state index contributed by atoms with van der Waals surface area (Å²) in [6.45, 7) is 5.81. The maximum Gasteiger partial charge on any atom is 0.313 e. The standard InChI is InChI=1S/C19H20N2O3/c1-17(2)18(3)9-10-19(17,24-16(18)23)15(22)21-14-8-4-7-13-12(14)6-5-11-20-13/h4-8,11H,9-10H2,1-3H3,(H,21,22)/t18-,19-/m0/s1. The van der Waals surface area contributed by atoms with Crippen molar-refractivity contribution in [3.05, 3.63) is 36.5 Å². The van der Waals surface area contributed by atoms with Crippen LogP contribution in [0.5, 0.6) is 0 Å². The van der Waals surface area contributed by atoms with Gasteiger partial charge in [0.25, 0.3) is 5.91 Å². The summed E-state index contributed by atoms with van der Waals surface area (Å²) in [4.78, 5) is 29.8. The summed E-state index contributed by atoms with van der Waals surface area (Å²) in [6, 6.07) is 9.35. The number of rotatable bonds is 2. The van der Waals surface area contributed by atoms with E-state index < -0.39 is 16.4 Å². The van der Waals surface area contributed by atoms with Gasteiger partial charge < -0.3 is 10.1 Å². The number of pyridine rings is 1. The molecule has 2 atom stereocenters. The highest BCUT2D eigenvalue weighted by molar-refractivity contribution is 6.07. The number of carbonyl (C=O) groups excluding carboxylic acids is 2. The number of carbonyl (C=O) groups is 2. The van der Waals surface area contributed by atoms with E-state index in [1.807, 2.05) is 51.1 Å². The number of aromatic nitrogens is 1. The molecule has 1 aliphatic heterocycles. The lowest BCUT2D eigenvalue weighted by Gasteiger charge is -2.35. The van der Waals surface area contributed by atoms with Crippen molar-refractivity contribution in [2.45, 2.75) is 39.2 Å². The predicted molar refractivity (Wildman–Crippen MR) is 90.3 cm³/mol. The Morgan fingerprint density at radius 2 is 1.96 bits per heavy atom. The number of nitrogens with zero attached hydrogens (tertiary/aromatic N) is 1. The molecule has 1 aromatic heterocycles. The molecule has 1 saturated carbocycles. The molecule has 1 amide bonds. The van der Waals surface area contributed by atoms with Crippen molar-refractivity contribution in [1.82, 2.24) is 4.98 Å². The van der Waals surface area contributed by atoms with E-state index in [2.05, 4.69) is 10.3 Å². The molecular weight excluding hydrogens is 304 g/mol. The smallest absolute Gasteiger partial charge is 0.313 e. The van der Waals surface area contributed by atoms with Gasteiger partial charge in [0.1, 0.15) is 0 Å². The highest BCUT2D eigenvalue weighted by Gasteiger charge is 2.75. The second kappa shape index (κ2) is 4.56. The van der Waals surface area contributed by atoms with Crippen LogP contribution in [0.1, 0.15) is 33.6 Å². The third kappa shape index (κ3) is 1.62. The summed E-state index contributed by atoms with van der Waals surface area (Å²) in [6.07, 6.45) is 2.94. The molecule has 0 radical (unpaired) electrons. The SMILES string of the molecule is CC1(C)[C@@]2(C)CC[C@@]1(C(=O)Nc1cccc3ncccc13)OC2=O. The second-order valence-corrected chi connectivity index (χ2v) is 7.50. The summed E-state index contributed by atoms with van der Waals surface area (Å²) in [7, 11) is 0. The molecule has 0 spiro atoms. The van der Waals surface area contributed by atoms with E-state index in [1.165, 1.54) is 0 Å². The minimum atomic E-state index is -1.11. The van der Waals surface area contributed by atoms with Crippen molar-refractivity contribution in [2.24, 2.45) is 10.8 Å². The van der Waals surface area contributed by atoms with Gasteiger partial charge in [0, 0.05) is 17.0 Å². The van der Waals surface area contributed by atoms with Crippen LogP contribution in [0.2, 0.25) is 0 Å². The number of anilines is 1. The molecule has 124 valence electrons. The lowest BCUT2D eigenvalue weighted by atomic mass is 9.66. The molecule has 24 heavy (non-hydrogen) atoms. The maximum absolute atomic E-state index is 13.1. The molecule has 1 saturated heterocycles. The second-order valence-electron chi connectivity index (χ2n) is 7.50. The van der Waals surface area contributed by atoms with E-state index in [1.54, 1.807) is 6.20 Å². The Balaban J connectivity index is 1.74. The highest BCUT2D eigenvalue weighted by Crippen LogP contribution is 2.65. The monoisotopic (exact) mass is 324 g/mol. The quantitative estimate of drug-likeness (QED) is 0.861. The van der Waals surface area contributed by atoms with Gasteiger partial charge in [-0.15, -0.1) is 0 Å². The number of amides is 1. The summed E-state index contributed by atoms with van der Waals surface area (Å²) >= 11 is 0. The van der Waals surface area contributed by atoms with Crippen LogP contribution in [0, 0.1) is 10.8 Å². The molecule has 1 aromatic carbocycles.